The van der Waals surface area contributed by atoms with E-state index in [1.165, 1.54) is 6.21 Å². The van der Waals surface area contributed by atoms with Gasteiger partial charge < -0.3 is 14.2 Å². The minimum absolute atomic E-state index is 0.00643. The van der Waals surface area contributed by atoms with Crippen LogP contribution in [-0.4, -0.2) is 31.9 Å². The Morgan fingerprint density at radius 1 is 1.16 bits per heavy atom. The Morgan fingerprint density at radius 3 is 2.71 bits per heavy atom. The Labute approximate surface area is 186 Å². The van der Waals surface area contributed by atoms with E-state index < -0.39 is 0 Å². The summed E-state index contributed by atoms with van der Waals surface area (Å²) in [6.45, 7) is 3.83. The smallest absolute Gasteiger partial charge is 0.277 e. The van der Waals surface area contributed by atoms with Crippen molar-refractivity contribution < 1.29 is 19.0 Å². The Hall–Kier alpha value is -3.25. The Kier molecular flexibility index (Phi) is 7.73. The van der Waals surface area contributed by atoms with E-state index in [4.69, 9.17) is 25.8 Å². The van der Waals surface area contributed by atoms with Crippen molar-refractivity contribution in [2.75, 3.05) is 13.7 Å². The molecule has 31 heavy (non-hydrogen) atoms. The lowest BCUT2D eigenvalue weighted by molar-refractivity contribution is -0.123. The third-order valence-corrected chi connectivity index (χ3v) is 4.94. The third kappa shape index (κ3) is 5.89. The molecule has 0 saturated heterocycles. The molecule has 7 heteroatoms. The number of nitrogens with zero attached hydrogens (tertiary/aromatic N) is 1. The monoisotopic (exact) mass is 440 g/mol. The fraction of sp³-hybridized carbons (Fsp3) is 0.250. The summed E-state index contributed by atoms with van der Waals surface area (Å²) >= 11 is 6.35. The van der Waals surface area contributed by atoms with Gasteiger partial charge in [-0.1, -0.05) is 54.9 Å². The third-order valence-electron chi connectivity index (χ3n) is 4.66. The molecule has 3 aromatic carbocycles. The van der Waals surface area contributed by atoms with E-state index in [1.54, 1.807) is 19.2 Å². The number of hydrogen-bond donors (Lipinski definition) is 1. The van der Waals surface area contributed by atoms with Crippen LogP contribution in [0.15, 0.2) is 59.7 Å². The number of halogens is 1. The van der Waals surface area contributed by atoms with Crippen LogP contribution < -0.4 is 19.6 Å². The van der Waals surface area contributed by atoms with Gasteiger partial charge in [-0.3, -0.25) is 4.79 Å². The van der Waals surface area contributed by atoms with Crippen LogP contribution in [0, 0.1) is 0 Å². The standard InChI is InChI=1S/C24H25ClN2O4/c1-4-16(2)31-24-20(25)12-17(13-22(24)29-3)14-26-27-23(28)15-30-21-11-7-9-18-8-5-6-10-19(18)21/h5-14,16H,4,15H2,1-3H3,(H,27,28)/b26-14+/t16-/m1/s1. The van der Waals surface area contributed by atoms with Crippen LogP contribution in [0.5, 0.6) is 17.2 Å². The molecular weight excluding hydrogens is 416 g/mol. The maximum Gasteiger partial charge on any atom is 0.277 e. The van der Waals surface area contributed by atoms with Crippen LogP contribution in [0.1, 0.15) is 25.8 Å². The second-order valence-electron chi connectivity index (χ2n) is 6.93. The summed E-state index contributed by atoms with van der Waals surface area (Å²) in [7, 11) is 1.54. The summed E-state index contributed by atoms with van der Waals surface area (Å²) in [6, 6.07) is 17.0. The van der Waals surface area contributed by atoms with E-state index in [0.29, 0.717) is 27.8 Å². The van der Waals surface area contributed by atoms with E-state index in [1.807, 2.05) is 56.3 Å². The van der Waals surface area contributed by atoms with E-state index in [0.717, 1.165) is 17.2 Å². The Balaban J connectivity index is 1.61. The molecule has 0 radical (unpaired) electrons. The highest BCUT2D eigenvalue weighted by Gasteiger charge is 2.14. The minimum Gasteiger partial charge on any atom is -0.493 e. The summed E-state index contributed by atoms with van der Waals surface area (Å²) in [6.07, 6.45) is 2.33. The maximum atomic E-state index is 12.1. The highest BCUT2D eigenvalue weighted by Crippen LogP contribution is 2.37. The maximum absolute atomic E-state index is 12.1. The van der Waals surface area contributed by atoms with Crippen LogP contribution in [0.25, 0.3) is 10.8 Å². The van der Waals surface area contributed by atoms with Crippen LogP contribution in [-0.2, 0) is 4.79 Å². The predicted octanol–water partition coefficient (Wildman–Crippen LogP) is 5.21. The van der Waals surface area contributed by atoms with Crippen molar-refractivity contribution in [3.63, 3.8) is 0 Å². The number of fused-ring (bicyclic) bond motifs is 1. The molecule has 0 aliphatic carbocycles. The van der Waals surface area contributed by atoms with Crippen LogP contribution >= 0.6 is 11.6 Å². The molecule has 0 saturated carbocycles. The first-order chi connectivity index (χ1) is 15.0. The molecule has 0 unspecified atom stereocenters. The number of rotatable bonds is 9. The van der Waals surface area contributed by atoms with Gasteiger partial charge in [0.25, 0.3) is 5.91 Å². The summed E-state index contributed by atoms with van der Waals surface area (Å²) in [5.41, 5.74) is 3.11. The molecule has 3 aromatic rings. The highest BCUT2D eigenvalue weighted by atomic mass is 35.5. The van der Waals surface area contributed by atoms with Crippen molar-refractivity contribution in [3.8, 4) is 17.2 Å². The number of benzene rings is 3. The largest absolute Gasteiger partial charge is 0.493 e. The van der Waals surface area contributed by atoms with Crippen molar-refractivity contribution in [2.45, 2.75) is 26.4 Å². The van der Waals surface area contributed by atoms with Crippen molar-refractivity contribution in [3.05, 3.63) is 65.2 Å². The first-order valence-corrected chi connectivity index (χ1v) is 10.4. The fourth-order valence-electron chi connectivity index (χ4n) is 2.89. The van der Waals surface area contributed by atoms with Crippen LogP contribution in [0.2, 0.25) is 5.02 Å². The molecular formula is C24H25ClN2O4. The lowest BCUT2D eigenvalue weighted by Gasteiger charge is -2.17. The minimum atomic E-state index is -0.376. The molecule has 1 atom stereocenters. The van der Waals surface area contributed by atoms with Gasteiger partial charge in [-0.05, 0) is 42.5 Å². The van der Waals surface area contributed by atoms with Gasteiger partial charge in [-0.15, -0.1) is 0 Å². The van der Waals surface area contributed by atoms with Gasteiger partial charge in [-0.25, -0.2) is 5.43 Å². The van der Waals surface area contributed by atoms with Crippen LogP contribution in [0.3, 0.4) is 0 Å². The molecule has 6 nitrogen and oxygen atoms in total. The molecule has 1 N–H and O–H groups in total. The number of hydrogen-bond acceptors (Lipinski definition) is 5. The first-order valence-electron chi connectivity index (χ1n) is 9.98. The second kappa shape index (κ2) is 10.7. The first kappa shape index (κ1) is 22.4. The van der Waals surface area contributed by atoms with Gasteiger partial charge in [0.15, 0.2) is 18.1 Å². The fourth-order valence-corrected chi connectivity index (χ4v) is 3.15. The number of nitrogens with one attached hydrogen (secondary N) is 1. The zero-order valence-electron chi connectivity index (χ0n) is 17.7. The lowest BCUT2D eigenvalue weighted by Crippen LogP contribution is -2.24. The zero-order valence-corrected chi connectivity index (χ0v) is 18.5. The zero-order chi connectivity index (χ0) is 22.2. The normalized spacial score (nSPS) is 12.0. The van der Waals surface area contributed by atoms with E-state index >= 15 is 0 Å². The number of methoxy groups -OCH3 is 1. The molecule has 0 aliphatic heterocycles. The number of ether oxygens (including phenoxy) is 3. The molecule has 0 aromatic heterocycles. The number of hydrazone groups is 1. The lowest BCUT2D eigenvalue weighted by atomic mass is 10.1. The van der Waals surface area contributed by atoms with Crippen molar-refractivity contribution in [1.29, 1.82) is 0 Å². The van der Waals surface area contributed by atoms with Gasteiger partial charge in [0, 0.05) is 5.39 Å². The van der Waals surface area contributed by atoms with Gasteiger partial charge in [-0.2, -0.15) is 5.10 Å². The summed E-state index contributed by atoms with van der Waals surface area (Å²) in [5, 5.41) is 6.38. The van der Waals surface area contributed by atoms with E-state index in [2.05, 4.69) is 10.5 Å². The van der Waals surface area contributed by atoms with E-state index in [9.17, 15) is 4.79 Å². The molecule has 0 fully saturated rings. The Bertz CT molecular complexity index is 1080. The Morgan fingerprint density at radius 2 is 1.94 bits per heavy atom. The molecule has 0 heterocycles. The number of amides is 1. The number of carbonyl (C=O) groups excluding carboxylic acids is 1. The molecule has 0 aliphatic rings. The average molecular weight is 441 g/mol. The second-order valence-corrected chi connectivity index (χ2v) is 7.34. The summed E-state index contributed by atoms with van der Waals surface area (Å²) < 4.78 is 16.9. The molecule has 3 rings (SSSR count). The molecule has 1 amide bonds. The highest BCUT2D eigenvalue weighted by molar-refractivity contribution is 6.32. The van der Waals surface area contributed by atoms with Gasteiger partial charge in [0.2, 0.25) is 0 Å². The van der Waals surface area contributed by atoms with Crippen molar-refractivity contribution in [1.82, 2.24) is 5.43 Å². The van der Waals surface area contributed by atoms with Crippen LogP contribution in [0.4, 0.5) is 0 Å². The number of carbonyl (C=O) groups is 1. The average Bonchev–Trinajstić information content (AvgIpc) is 2.78. The molecule has 0 spiro atoms. The quantitative estimate of drug-likeness (QED) is 0.366. The summed E-state index contributed by atoms with van der Waals surface area (Å²) in [4.78, 5) is 12.1. The SMILES string of the molecule is CC[C@@H](C)Oc1c(Cl)cc(/C=N/NC(=O)COc2cccc3ccccc23)cc1OC. The van der Waals surface area contributed by atoms with Gasteiger partial charge in [0.05, 0.1) is 24.5 Å². The van der Waals surface area contributed by atoms with Crippen molar-refractivity contribution in [2.24, 2.45) is 5.10 Å². The van der Waals surface area contributed by atoms with E-state index in [-0.39, 0.29) is 18.6 Å². The van der Waals surface area contributed by atoms with Gasteiger partial charge >= 0.3 is 0 Å². The topological polar surface area (TPSA) is 69.2 Å². The van der Waals surface area contributed by atoms with Crippen molar-refractivity contribution >= 4 is 34.5 Å². The predicted molar refractivity (Wildman–Crippen MR) is 124 cm³/mol. The van der Waals surface area contributed by atoms with Gasteiger partial charge in [0.1, 0.15) is 5.75 Å². The molecule has 0 bridgehead atoms. The summed E-state index contributed by atoms with van der Waals surface area (Å²) in [5.74, 6) is 1.26. The molecule has 162 valence electrons.